The Morgan fingerprint density at radius 2 is 2.14 bits per heavy atom. The van der Waals surface area contributed by atoms with Crippen molar-refractivity contribution >= 4 is 11.9 Å². The number of carbonyl (C=O) groups is 1. The molecule has 2 fully saturated rings. The third kappa shape index (κ3) is 4.86. The molecule has 1 unspecified atom stereocenters. The third-order valence-corrected chi connectivity index (χ3v) is 5.52. The predicted molar refractivity (Wildman–Crippen MR) is 105 cm³/mol. The number of nitrogens with one attached hydrogen (secondary N) is 1. The summed E-state index contributed by atoms with van der Waals surface area (Å²) in [7, 11) is 0. The lowest BCUT2D eigenvalue weighted by atomic mass is 9.96. The van der Waals surface area contributed by atoms with E-state index >= 15 is 0 Å². The molecule has 0 radical (unpaired) electrons. The van der Waals surface area contributed by atoms with Crippen LogP contribution in [-0.2, 0) is 16.1 Å². The molecule has 0 saturated carbocycles. The number of imidazole rings is 1. The Morgan fingerprint density at radius 1 is 1.25 bits per heavy atom. The van der Waals surface area contributed by atoms with Gasteiger partial charge in [0.2, 0.25) is 11.9 Å². The Labute approximate surface area is 165 Å². The van der Waals surface area contributed by atoms with Gasteiger partial charge in [-0.3, -0.25) is 4.79 Å². The Bertz CT molecular complexity index is 760. The molecule has 1 N–H and O–H groups in total. The number of anilines is 1. The lowest BCUT2D eigenvalue weighted by Gasteiger charge is -2.23. The van der Waals surface area contributed by atoms with Crippen molar-refractivity contribution in [1.82, 2.24) is 24.8 Å². The van der Waals surface area contributed by atoms with Crippen LogP contribution >= 0.6 is 0 Å². The zero-order valence-corrected chi connectivity index (χ0v) is 16.2. The Kier molecular flexibility index (Phi) is 6.16. The van der Waals surface area contributed by atoms with Crippen LogP contribution in [-0.4, -0.2) is 57.8 Å². The number of aryl methyl sites for hydroxylation is 1. The molecule has 1 atom stereocenters. The summed E-state index contributed by atoms with van der Waals surface area (Å²) in [5.41, 5.74) is 1.11. The molecule has 28 heavy (non-hydrogen) atoms. The van der Waals surface area contributed by atoms with Crippen molar-refractivity contribution in [2.75, 3.05) is 31.2 Å². The van der Waals surface area contributed by atoms with Crippen molar-refractivity contribution in [2.45, 2.75) is 50.6 Å². The summed E-state index contributed by atoms with van der Waals surface area (Å²) in [6.45, 7) is 4.07. The molecule has 2 aliphatic rings. The molecule has 2 aromatic rings. The number of hydrogen-bond acceptors (Lipinski definition) is 6. The Hall–Kier alpha value is -2.48. The molecular formula is C20H28N6O2. The van der Waals surface area contributed by atoms with Crippen LogP contribution in [0.25, 0.3) is 0 Å². The Balaban J connectivity index is 1.25. The van der Waals surface area contributed by atoms with Gasteiger partial charge in [0.25, 0.3) is 0 Å². The topological polar surface area (TPSA) is 85.2 Å². The number of aromatic nitrogens is 4. The molecule has 8 nitrogen and oxygen atoms in total. The third-order valence-electron chi connectivity index (χ3n) is 5.52. The van der Waals surface area contributed by atoms with Crippen LogP contribution < -0.4 is 10.2 Å². The fourth-order valence-electron chi connectivity index (χ4n) is 3.94. The second-order valence-corrected chi connectivity index (χ2v) is 7.57. The highest BCUT2D eigenvalue weighted by atomic mass is 16.5. The fourth-order valence-corrected chi connectivity index (χ4v) is 3.94. The summed E-state index contributed by atoms with van der Waals surface area (Å²) in [6.07, 6.45) is 11.6. The van der Waals surface area contributed by atoms with E-state index in [4.69, 9.17) is 9.72 Å². The van der Waals surface area contributed by atoms with Crippen LogP contribution in [0.2, 0.25) is 0 Å². The van der Waals surface area contributed by atoms with E-state index in [1.54, 1.807) is 12.5 Å². The molecule has 0 bridgehead atoms. The molecule has 2 aliphatic heterocycles. The van der Waals surface area contributed by atoms with Crippen molar-refractivity contribution in [3.05, 3.63) is 36.7 Å². The maximum Gasteiger partial charge on any atom is 0.225 e. The summed E-state index contributed by atoms with van der Waals surface area (Å²) in [5.74, 6) is 1.36. The fraction of sp³-hybridized carbons (Fsp3) is 0.600. The second kappa shape index (κ2) is 9.14. The molecule has 0 aliphatic carbocycles. The monoisotopic (exact) mass is 384 g/mol. The van der Waals surface area contributed by atoms with E-state index < -0.39 is 0 Å². The van der Waals surface area contributed by atoms with Crippen molar-refractivity contribution < 1.29 is 9.53 Å². The van der Waals surface area contributed by atoms with Gasteiger partial charge in [-0.05, 0) is 31.7 Å². The van der Waals surface area contributed by atoms with Gasteiger partial charge in [0, 0.05) is 75.5 Å². The number of ether oxygens (including phenoxy) is 1. The molecule has 4 rings (SSSR count). The number of rotatable bonds is 7. The van der Waals surface area contributed by atoms with Gasteiger partial charge < -0.3 is 19.5 Å². The van der Waals surface area contributed by atoms with E-state index in [1.807, 2.05) is 23.0 Å². The number of hydrogen-bond donors (Lipinski definition) is 1. The first-order valence-electron chi connectivity index (χ1n) is 10.2. The summed E-state index contributed by atoms with van der Waals surface area (Å²) >= 11 is 0. The van der Waals surface area contributed by atoms with Gasteiger partial charge in [-0.1, -0.05) is 0 Å². The van der Waals surface area contributed by atoms with Crippen LogP contribution in [0.1, 0.15) is 43.7 Å². The highest BCUT2D eigenvalue weighted by Gasteiger charge is 2.26. The Morgan fingerprint density at radius 3 is 2.96 bits per heavy atom. The van der Waals surface area contributed by atoms with Gasteiger partial charge in [-0.15, -0.1) is 0 Å². The summed E-state index contributed by atoms with van der Waals surface area (Å²) < 4.78 is 7.45. The van der Waals surface area contributed by atoms with E-state index in [0.29, 0.717) is 12.3 Å². The first-order chi connectivity index (χ1) is 13.8. The van der Waals surface area contributed by atoms with E-state index in [-0.39, 0.29) is 11.9 Å². The van der Waals surface area contributed by atoms with E-state index in [0.717, 1.165) is 70.2 Å². The normalized spacial score (nSPS) is 20.4. The molecule has 0 spiro atoms. The predicted octanol–water partition coefficient (Wildman–Crippen LogP) is 1.74. The van der Waals surface area contributed by atoms with Crippen LogP contribution in [0.15, 0.2) is 31.0 Å². The van der Waals surface area contributed by atoms with E-state index in [2.05, 4.69) is 20.2 Å². The van der Waals surface area contributed by atoms with Gasteiger partial charge in [0.15, 0.2) is 0 Å². The number of amides is 1. The number of nitrogens with zero attached hydrogens (tertiary/aromatic N) is 5. The zero-order valence-electron chi connectivity index (χ0n) is 16.2. The van der Waals surface area contributed by atoms with Crippen molar-refractivity contribution in [2.24, 2.45) is 0 Å². The van der Waals surface area contributed by atoms with Crippen LogP contribution in [0.4, 0.5) is 5.95 Å². The molecule has 150 valence electrons. The van der Waals surface area contributed by atoms with Crippen molar-refractivity contribution in [3.63, 3.8) is 0 Å². The highest BCUT2D eigenvalue weighted by molar-refractivity contribution is 5.76. The number of carbonyl (C=O) groups excluding carboxylic acids is 1. The SMILES string of the molecule is O=C(CCCn1ccnc1)NC1CCN(c2nccc(C3CCOCC3)n2)C1. The van der Waals surface area contributed by atoms with Crippen LogP contribution in [0, 0.1) is 0 Å². The minimum atomic E-state index is 0.115. The first kappa shape index (κ1) is 18.9. The minimum Gasteiger partial charge on any atom is -0.381 e. The maximum absolute atomic E-state index is 12.2. The smallest absolute Gasteiger partial charge is 0.225 e. The quantitative estimate of drug-likeness (QED) is 0.783. The molecule has 0 aromatic carbocycles. The van der Waals surface area contributed by atoms with Gasteiger partial charge in [-0.2, -0.15) is 0 Å². The first-order valence-corrected chi connectivity index (χ1v) is 10.2. The van der Waals surface area contributed by atoms with Crippen molar-refractivity contribution in [3.8, 4) is 0 Å². The summed E-state index contributed by atoms with van der Waals surface area (Å²) in [6, 6.07) is 2.19. The molecule has 2 saturated heterocycles. The highest BCUT2D eigenvalue weighted by Crippen LogP contribution is 2.26. The van der Waals surface area contributed by atoms with Gasteiger partial charge in [0.05, 0.1) is 6.33 Å². The van der Waals surface area contributed by atoms with Crippen LogP contribution in [0.3, 0.4) is 0 Å². The molecule has 1 amide bonds. The van der Waals surface area contributed by atoms with Gasteiger partial charge >= 0.3 is 0 Å². The van der Waals surface area contributed by atoms with Gasteiger partial charge in [-0.25, -0.2) is 15.0 Å². The van der Waals surface area contributed by atoms with E-state index in [9.17, 15) is 4.79 Å². The van der Waals surface area contributed by atoms with Gasteiger partial charge in [0.1, 0.15) is 0 Å². The zero-order chi connectivity index (χ0) is 19.2. The maximum atomic E-state index is 12.2. The largest absolute Gasteiger partial charge is 0.381 e. The van der Waals surface area contributed by atoms with Crippen LogP contribution in [0.5, 0.6) is 0 Å². The van der Waals surface area contributed by atoms with E-state index in [1.165, 1.54) is 0 Å². The molecule has 4 heterocycles. The summed E-state index contributed by atoms with van der Waals surface area (Å²) in [5, 5.41) is 3.16. The van der Waals surface area contributed by atoms with Crippen molar-refractivity contribution in [1.29, 1.82) is 0 Å². The lowest BCUT2D eigenvalue weighted by molar-refractivity contribution is -0.121. The molecule has 2 aromatic heterocycles. The average molecular weight is 384 g/mol. The second-order valence-electron chi connectivity index (χ2n) is 7.57. The minimum absolute atomic E-state index is 0.115. The lowest BCUT2D eigenvalue weighted by Crippen LogP contribution is -2.37. The molecular weight excluding hydrogens is 356 g/mol. The standard InChI is InChI=1S/C20H28N6O2/c27-19(2-1-9-25-11-8-21-15-25)23-17-4-10-26(14-17)20-22-7-3-18(24-20)16-5-12-28-13-6-16/h3,7-8,11,15-17H,1-2,4-6,9-10,12-14H2,(H,23,27). The molecule has 8 heteroatoms. The summed E-state index contributed by atoms with van der Waals surface area (Å²) in [4.78, 5) is 27.7. The average Bonchev–Trinajstić information content (AvgIpc) is 3.41.